The molecule has 0 aliphatic heterocycles. The van der Waals surface area contributed by atoms with Crippen molar-refractivity contribution in [2.75, 3.05) is 24.2 Å². The molecule has 3 N–H and O–H groups in total. The Morgan fingerprint density at radius 2 is 1.20 bits per heavy atom. The van der Waals surface area contributed by atoms with E-state index in [0.29, 0.717) is 12.4 Å². The fourth-order valence-electron chi connectivity index (χ4n) is 2.76. The summed E-state index contributed by atoms with van der Waals surface area (Å²) in [6.45, 7) is -2.34. The Balaban J connectivity index is 0.000000235. The van der Waals surface area contributed by atoms with Gasteiger partial charge in [-0.25, -0.2) is 0 Å². The van der Waals surface area contributed by atoms with Crippen molar-refractivity contribution in [2.45, 2.75) is 31.0 Å². The minimum absolute atomic E-state index is 0.210. The van der Waals surface area contributed by atoms with Crippen LogP contribution in [0.2, 0.25) is 0 Å². The van der Waals surface area contributed by atoms with Crippen molar-refractivity contribution in [2.24, 2.45) is 0 Å². The highest BCUT2D eigenvalue weighted by molar-refractivity contribution is 7.87. The van der Waals surface area contributed by atoms with E-state index in [9.17, 15) is 47.9 Å². The van der Waals surface area contributed by atoms with E-state index in [0.717, 1.165) is 17.7 Å². The van der Waals surface area contributed by atoms with Gasteiger partial charge in [0, 0.05) is 43.2 Å². The van der Waals surface area contributed by atoms with Gasteiger partial charge in [-0.1, -0.05) is 0 Å². The highest BCUT2D eigenvalue weighted by atomic mass is 32.2. The summed E-state index contributed by atoms with van der Waals surface area (Å²) in [6, 6.07) is 10.8. The van der Waals surface area contributed by atoms with E-state index < -0.39 is 41.1 Å². The lowest BCUT2D eigenvalue weighted by atomic mass is 10.3. The highest BCUT2D eigenvalue weighted by Gasteiger charge is 2.49. The van der Waals surface area contributed by atoms with Crippen LogP contribution in [0.5, 0.6) is 0 Å². The number of rotatable bonds is 8. The van der Waals surface area contributed by atoms with Crippen LogP contribution >= 0.6 is 0 Å². The van der Waals surface area contributed by atoms with Gasteiger partial charge in [0.25, 0.3) is 0 Å². The molecule has 0 unspecified atom stereocenters. The maximum atomic E-state index is 12.0. The monoisotopic (exact) mass is 662 g/mol. The Labute approximate surface area is 243 Å². The van der Waals surface area contributed by atoms with Crippen LogP contribution in [0.3, 0.4) is 0 Å². The van der Waals surface area contributed by atoms with E-state index in [2.05, 4.69) is 29.7 Å². The first-order valence-electron chi connectivity index (χ1n) is 11.8. The normalized spacial score (nSPS) is 12.0. The molecule has 4 aromatic rings. The predicted octanol–water partition coefficient (Wildman–Crippen LogP) is 4.62. The molecule has 0 bridgehead atoms. The van der Waals surface area contributed by atoms with E-state index in [-0.39, 0.29) is 5.82 Å². The molecule has 4 rings (SSSR count). The summed E-state index contributed by atoms with van der Waals surface area (Å²) in [5, 5.41) is 10.3. The molecule has 4 heterocycles. The van der Waals surface area contributed by atoms with Crippen molar-refractivity contribution < 1.29 is 52.1 Å². The van der Waals surface area contributed by atoms with Gasteiger partial charge in [0.15, 0.2) is 6.61 Å². The smallest absolute Gasteiger partial charge is 0.382 e. The highest BCUT2D eigenvalue weighted by Crippen LogP contribution is 2.26. The Hall–Kier alpha value is -4.40. The van der Waals surface area contributed by atoms with Gasteiger partial charge < -0.3 is 11.1 Å². The fraction of sp³-hybridized carbons (Fsp3) is 0.304. The molecule has 0 atom stereocenters. The number of nitrogens with one attached hydrogen (secondary N) is 1. The third kappa shape index (κ3) is 14.2. The molecule has 21 heteroatoms. The van der Waals surface area contributed by atoms with Crippen molar-refractivity contribution in [3.8, 4) is 0 Å². The Morgan fingerprint density at radius 1 is 0.727 bits per heavy atom. The van der Waals surface area contributed by atoms with E-state index in [1.165, 1.54) is 6.07 Å². The first kappa shape index (κ1) is 35.8. The van der Waals surface area contributed by atoms with Crippen LogP contribution < -0.4 is 11.1 Å². The van der Waals surface area contributed by atoms with Crippen molar-refractivity contribution in [3.05, 3.63) is 84.7 Å². The topological polar surface area (TPSA) is 143 Å². The molecule has 0 aliphatic carbocycles. The van der Waals surface area contributed by atoms with Gasteiger partial charge >= 0.3 is 28.0 Å². The zero-order chi connectivity index (χ0) is 33.0. The number of hydrogen-bond acceptors (Lipinski definition) is 9. The molecule has 0 aromatic carbocycles. The van der Waals surface area contributed by atoms with Crippen LogP contribution in [0.4, 0.5) is 51.1 Å². The van der Waals surface area contributed by atoms with Gasteiger partial charge in [-0.3, -0.25) is 23.5 Å². The maximum absolute atomic E-state index is 12.0. The second-order valence-corrected chi connectivity index (χ2v) is 9.90. The summed E-state index contributed by atoms with van der Waals surface area (Å²) in [4.78, 5) is 7.82. The van der Waals surface area contributed by atoms with Crippen LogP contribution in [0.1, 0.15) is 11.1 Å². The van der Waals surface area contributed by atoms with Gasteiger partial charge in [-0.2, -0.15) is 58.1 Å². The number of nitrogens with two attached hydrogens (primary N) is 1. The fourth-order valence-corrected chi connectivity index (χ4v) is 3.18. The molecular formula is C23H23F9N8O3S. The van der Waals surface area contributed by atoms with Gasteiger partial charge in [0.2, 0.25) is 0 Å². The first-order valence-corrected chi connectivity index (χ1v) is 13.2. The van der Waals surface area contributed by atoms with Gasteiger partial charge in [-0.05, 0) is 41.5 Å². The third-order valence-corrected chi connectivity index (χ3v) is 5.62. The predicted molar refractivity (Wildman–Crippen MR) is 137 cm³/mol. The first-order chi connectivity index (χ1) is 20.3. The zero-order valence-electron chi connectivity index (χ0n) is 22.1. The van der Waals surface area contributed by atoms with Gasteiger partial charge in [0.05, 0.1) is 13.1 Å². The number of halogens is 9. The molecule has 0 spiro atoms. The number of aromatic nitrogens is 6. The van der Waals surface area contributed by atoms with E-state index in [1.54, 1.807) is 46.4 Å². The number of nitrogens with zero attached hydrogens (tertiary/aromatic N) is 6. The van der Waals surface area contributed by atoms with Crippen LogP contribution in [0.25, 0.3) is 0 Å². The van der Waals surface area contributed by atoms with Crippen LogP contribution in [-0.4, -0.2) is 69.0 Å². The summed E-state index contributed by atoms with van der Waals surface area (Å²) < 4.78 is 129. The van der Waals surface area contributed by atoms with E-state index >= 15 is 0 Å². The largest absolute Gasteiger partial charge is 0.523 e. The minimum atomic E-state index is -6.15. The second-order valence-electron chi connectivity index (χ2n) is 8.29. The maximum Gasteiger partial charge on any atom is 0.523 e. The molecule has 0 aliphatic rings. The van der Waals surface area contributed by atoms with E-state index in [1.807, 2.05) is 30.5 Å². The Kier molecular flexibility index (Phi) is 12.5. The standard InChI is InChI=1S/C11H11F3N4.C9H10N4.C3H2F6O3S/c12-11(13,14)8-16-10-3-6-18(17-10)7-9-1-4-15-5-2-9;10-9-3-6-13(12-9)7-8-1-4-11-5-2-8;4-2(5,6)1-12-13(10,11)3(7,8)9/h1-6H,7-8H2,(H,16,17);1-6H,7H2,(H2,10,12);1H2. The molecule has 0 amide bonds. The average molecular weight is 663 g/mol. The lowest BCUT2D eigenvalue weighted by molar-refractivity contribution is -0.156. The SMILES string of the molecule is FC(F)(F)CNc1ccn(Cc2ccncc2)n1.Nc1ccn(Cc2ccncc2)n1.O=S(=O)(OCC(F)(F)F)C(F)(F)F. The molecule has 44 heavy (non-hydrogen) atoms. The number of nitrogen functional groups attached to an aromatic ring is 1. The van der Waals surface area contributed by atoms with Crippen molar-refractivity contribution in [1.29, 1.82) is 0 Å². The molecular weight excluding hydrogens is 639 g/mol. The Bertz CT molecular complexity index is 1510. The minimum Gasteiger partial charge on any atom is -0.382 e. The van der Waals surface area contributed by atoms with Crippen molar-refractivity contribution in [1.82, 2.24) is 29.5 Å². The summed E-state index contributed by atoms with van der Waals surface area (Å²) in [5.74, 6) is 0.760. The van der Waals surface area contributed by atoms with Crippen molar-refractivity contribution in [3.63, 3.8) is 0 Å². The molecule has 0 saturated carbocycles. The molecule has 0 radical (unpaired) electrons. The van der Waals surface area contributed by atoms with Crippen LogP contribution in [-0.2, 0) is 27.4 Å². The third-order valence-electron chi connectivity index (χ3n) is 4.62. The average Bonchev–Trinajstić information content (AvgIpc) is 3.55. The second kappa shape index (κ2) is 15.4. The number of anilines is 2. The molecule has 242 valence electrons. The lowest BCUT2D eigenvalue weighted by Crippen LogP contribution is -2.29. The summed E-state index contributed by atoms with van der Waals surface area (Å²) in [7, 11) is -6.15. The number of alkyl halides is 9. The van der Waals surface area contributed by atoms with E-state index in [4.69, 9.17) is 5.73 Å². The van der Waals surface area contributed by atoms with Gasteiger partial charge in [-0.15, -0.1) is 0 Å². The van der Waals surface area contributed by atoms with Crippen molar-refractivity contribution >= 4 is 21.8 Å². The molecule has 0 fully saturated rings. The molecule has 11 nitrogen and oxygen atoms in total. The zero-order valence-corrected chi connectivity index (χ0v) is 22.9. The van der Waals surface area contributed by atoms with Crippen LogP contribution in [0, 0.1) is 0 Å². The summed E-state index contributed by atoms with van der Waals surface area (Å²) in [6.07, 6.45) is 0.954. The molecule has 0 saturated heterocycles. The lowest BCUT2D eigenvalue weighted by Gasteiger charge is -2.09. The Morgan fingerprint density at radius 3 is 1.61 bits per heavy atom. The van der Waals surface area contributed by atoms with Crippen LogP contribution in [0.15, 0.2) is 73.6 Å². The van der Waals surface area contributed by atoms with Gasteiger partial charge in [0.1, 0.15) is 18.2 Å². The summed E-state index contributed by atoms with van der Waals surface area (Å²) in [5.41, 5.74) is 1.80. The quantitative estimate of drug-likeness (QED) is 0.157. The number of hydrogen-bond donors (Lipinski definition) is 2. The number of pyridine rings is 2. The summed E-state index contributed by atoms with van der Waals surface area (Å²) >= 11 is 0. The molecule has 4 aromatic heterocycles.